The van der Waals surface area contributed by atoms with Gasteiger partial charge in [0.05, 0.1) is 5.69 Å². The van der Waals surface area contributed by atoms with Crippen molar-refractivity contribution in [3.63, 3.8) is 0 Å². The number of aromatic nitrogens is 1. The van der Waals surface area contributed by atoms with Gasteiger partial charge in [0.2, 0.25) is 0 Å². The Morgan fingerprint density at radius 3 is 2.28 bits per heavy atom. The van der Waals surface area contributed by atoms with Crippen LogP contribution in [0, 0.1) is 5.92 Å². The van der Waals surface area contributed by atoms with Gasteiger partial charge in [0.15, 0.2) is 11.6 Å². The van der Waals surface area contributed by atoms with Crippen molar-refractivity contribution in [3.8, 4) is 0 Å². The number of ketones is 2. The first-order valence-corrected chi connectivity index (χ1v) is 8.58. The molecule has 3 aromatic rings. The fourth-order valence-electron chi connectivity index (χ4n) is 3.33. The molecule has 0 saturated carbocycles. The van der Waals surface area contributed by atoms with Gasteiger partial charge in [0.25, 0.3) is 0 Å². The van der Waals surface area contributed by atoms with E-state index in [-0.39, 0.29) is 17.5 Å². The molecule has 1 unspecified atom stereocenters. The fourth-order valence-corrected chi connectivity index (χ4v) is 3.45. The van der Waals surface area contributed by atoms with E-state index in [1.807, 2.05) is 47.2 Å². The summed E-state index contributed by atoms with van der Waals surface area (Å²) in [6.45, 7) is 0.729. The van der Waals surface area contributed by atoms with Gasteiger partial charge >= 0.3 is 0 Å². The highest BCUT2D eigenvalue weighted by Crippen LogP contribution is 2.24. The predicted molar refractivity (Wildman–Crippen MR) is 97.3 cm³/mol. The van der Waals surface area contributed by atoms with Crippen molar-refractivity contribution in [2.24, 2.45) is 5.92 Å². The lowest BCUT2D eigenvalue weighted by Crippen LogP contribution is -2.13. The molecule has 25 heavy (non-hydrogen) atoms. The molecule has 0 bridgehead atoms. The Morgan fingerprint density at radius 2 is 1.64 bits per heavy atom. The number of nitrogens with zero attached hydrogens (tertiary/aromatic N) is 1. The second kappa shape index (κ2) is 6.34. The molecule has 0 radical (unpaired) electrons. The Hall–Kier alpha value is -2.65. The molecule has 1 aromatic heterocycles. The van der Waals surface area contributed by atoms with Gasteiger partial charge in [-0.3, -0.25) is 9.59 Å². The molecule has 2 aromatic carbocycles. The van der Waals surface area contributed by atoms with Gasteiger partial charge in [-0.1, -0.05) is 35.9 Å². The molecule has 1 atom stereocenters. The number of Topliss-reactive ketones (excluding diaryl/α,β-unsaturated/α-hetero) is 1. The van der Waals surface area contributed by atoms with E-state index in [0.29, 0.717) is 22.6 Å². The minimum atomic E-state index is -0.0314. The number of carbonyl (C=O) groups is 2. The summed E-state index contributed by atoms with van der Waals surface area (Å²) < 4.78 is 2.01. The van der Waals surface area contributed by atoms with Crippen LogP contribution >= 0.6 is 11.6 Å². The standard InChI is InChI=1S/C21H16ClNO2/c22-18-9-7-16(8-10-18)20(24)15-5-3-14(4-6-15)12-17-13-23-11-1-2-19(23)21(17)25/h1-11,17H,12-13H2. The Morgan fingerprint density at radius 1 is 1.00 bits per heavy atom. The quantitative estimate of drug-likeness (QED) is 0.654. The van der Waals surface area contributed by atoms with Crippen LogP contribution in [0.4, 0.5) is 0 Å². The van der Waals surface area contributed by atoms with E-state index >= 15 is 0 Å². The number of halogens is 1. The molecular formula is C21H16ClNO2. The van der Waals surface area contributed by atoms with Gasteiger partial charge in [-0.15, -0.1) is 0 Å². The Bertz CT molecular complexity index is 939. The first kappa shape index (κ1) is 15.9. The first-order valence-electron chi connectivity index (χ1n) is 8.20. The van der Waals surface area contributed by atoms with Crippen LogP contribution in [0.2, 0.25) is 5.02 Å². The van der Waals surface area contributed by atoms with Crippen molar-refractivity contribution in [1.82, 2.24) is 4.57 Å². The molecule has 0 saturated heterocycles. The van der Waals surface area contributed by atoms with Crippen molar-refractivity contribution in [2.45, 2.75) is 13.0 Å². The number of hydrogen-bond acceptors (Lipinski definition) is 2. The largest absolute Gasteiger partial charge is 0.344 e. The zero-order valence-corrected chi connectivity index (χ0v) is 14.2. The maximum atomic E-state index is 12.5. The highest BCUT2D eigenvalue weighted by Gasteiger charge is 2.29. The molecule has 0 N–H and O–H groups in total. The van der Waals surface area contributed by atoms with E-state index in [1.165, 1.54) is 0 Å². The summed E-state index contributed by atoms with van der Waals surface area (Å²) in [7, 11) is 0. The molecule has 1 aliphatic heterocycles. The number of fused-ring (bicyclic) bond motifs is 1. The van der Waals surface area contributed by atoms with E-state index in [9.17, 15) is 9.59 Å². The lowest BCUT2D eigenvalue weighted by Gasteiger charge is -2.09. The van der Waals surface area contributed by atoms with Crippen LogP contribution in [0.25, 0.3) is 0 Å². The van der Waals surface area contributed by atoms with Crippen LogP contribution in [-0.2, 0) is 13.0 Å². The lowest BCUT2D eigenvalue weighted by molar-refractivity contribution is 0.0935. The lowest BCUT2D eigenvalue weighted by atomic mass is 9.94. The van der Waals surface area contributed by atoms with Crippen LogP contribution in [0.5, 0.6) is 0 Å². The van der Waals surface area contributed by atoms with E-state index in [0.717, 1.165) is 17.8 Å². The molecule has 4 heteroatoms. The molecule has 4 rings (SSSR count). The van der Waals surface area contributed by atoms with Crippen molar-refractivity contribution in [2.75, 3.05) is 0 Å². The summed E-state index contributed by atoms with van der Waals surface area (Å²) in [4.78, 5) is 24.8. The molecule has 2 heterocycles. The Balaban J connectivity index is 1.47. The third kappa shape index (κ3) is 3.03. The third-order valence-corrected chi connectivity index (χ3v) is 4.93. The van der Waals surface area contributed by atoms with E-state index in [4.69, 9.17) is 11.6 Å². The van der Waals surface area contributed by atoms with Gasteiger partial charge in [-0.25, -0.2) is 0 Å². The smallest absolute Gasteiger partial charge is 0.193 e. The molecular weight excluding hydrogens is 334 g/mol. The van der Waals surface area contributed by atoms with Crippen LogP contribution in [0.1, 0.15) is 32.0 Å². The second-order valence-corrected chi connectivity index (χ2v) is 6.78. The van der Waals surface area contributed by atoms with Crippen LogP contribution < -0.4 is 0 Å². The maximum Gasteiger partial charge on any atom is 0.193 e. The number of rotatable bonds is 4. The summed E-state index contributed by atoms with van der Waals surface area (Å²) in [5.41, 5.74) is 3.11. The van der Waals surface area contributed by atoms with Gasteiger partial charge in [-0.2, -0.15) is 0 Å². The van der Waals surface area contributed by atoms with Crippen LogP contribution in [0.3, 0.4) is 0 Å². The zero-order valence-electron chi connectivity index (χ0n) is 13.5. The van der Waals surface area contributed by atoms with Crippen molar-refractivity contribution in [3.05, 3.63) is 94.3 Å². The number of carbonyl (C=O) groups excluding carboxylic acids is 2. The molecule has 0 aliphatic carbocycles. The highest BCUT2D eigenvalue weighted by atomic mass is 35.5. The monoisotopic (exact) mass is 349 g/mol. The van der Waals surface area contributed by atoms with Gasteiger partial charge in [0.1, 0.15) is 0 Å². The third-order valence-electron chi connectivity index (χ3n) is 4.67. The van der Waals surface area contributed by atoms with Crippen molar-refractivity contribution >= 4 is 23.2 Å². The van der Waals surface area contributed by atoms with Crippen molar-refractivity contribution in [1.29, 1.82) is 0 Å². The van der Waals surface area contributed by atoms with E-state index < -0.39 is 0 Å². The summed E-state index contributed by atoms with van der Waals surface area (Å²) in [6.07, 6.45) is 2.64. The summed E-state index contributed by atoms with van der Waals surface area (Å²) in [5.74, 6) is 0.149. The minimum absolute atomic E-state index is 0.0194. The minimum Gasteiger partial charge on any atom is -0.344 e. The molecule has 1 aliphatic rings. The molecule has 3 nitrogen and oxygen atoms in total. The Kier molecular flexibility index (Phi) is 4.02. The highest BCUT2D eigenvalue weighted by molar-refractivity contribution is 6.30. The van der Waals surface area contributed by atoms with Crippen LogP contribution in [-0.4, -0.2) is 16.1 Å². The molecule has 0 spiro atoms. The second-order valence-electron chi connectivity index (χ2n) is 6.34. The average Bonchev–Trinajstić information content (AvgIpc) is 3.19. The summed E-state index contributed by atoms with van der Waals surface area (Å²) >= 11 is 5.86. The van der Waals surface area contributed by atoms with Gasteiger partial charge < -0.3 is 4.57 Å². The molecule has 0 fully saturated rings. The normalized spacial score (nSPS) is 16.0. The van der Waals surface area contributed by atoms with E-state index in [1.54, 1.807) is 24.3 Å². The molecule has 124 valence electrons. The van der Waals surface area contributed by atoms with Gasteiger partial charge in [-0.05, 0) is 48.4 Å². The van der Waals surface area contributed by atoms with E-state index in [2.05, 4.69) is 0 Å². The maximum absolute atomic E-state index is 12.5. The predicted octanol–water partition coefficient (Wildman–Crippen LogP) is 4.43. The van der Waals surface area contributed by atoms with Gasteiger partial charge in [0, 0.05) is 34.8 Å². The van der Waals surface area contributed by atoms with Crippen LogP contribution in [0.15, 0.2) is 66.9 Å². The first-order chi connectivity index (χ1) is 12.1. The average molecular weight is 350 g/mol. The summed E-state index contributed by atoms with van der Waals surface area (Å²) in [5, 5.41) is 0.610. The van der Waals surface area contributed by atoms with Crippen molar-refractivity contribution < 1.29 is 9.59 Å². The topological polar surface area (TPSA) is 39.1 Å². The number of benzene rings is 2. The zero-order chi connectivity index (χ0) is 17.4. The SMILES string of the molecule is O=C(c1ccc(Cl)cc1)c1ccc(CC2Cn3cccc3C2=O)cc1. The summed E-state index contributed by atoms with van der Waals surface area (Å²) in [6, 6.07) is 18.2. The fraction of sp³-hybridized carbons (Fsp3) is 0.143. The molecule has 0 amide bonds. The Labute approximate surface area is 150 Å². The number of hydrogen-bond donors (Lipinski definition) is 0.